The van der Waals surface area contributed by atoms with Crippen molar-refractivity contribution < 1.29 is 24.2 Å². The number of hydrogen-bond donors (Lipinski definition) is 3. The molecule has 1 fully saturated rings. The Labute approximate surface area is 157 Å². The highest BCUT2D eigenvalue weighted by molar-refractivity contribution is 5.97. The van der Waals surface area contributed by atoms with Gasteiger partial charge in [0, 0.05) is 24.4 Å². The predicted octanol–water partition coefficient (Wildman–Crippen LogP) is 2.20. The fourth-order valence-electron chi connectivity index (χ4n) is 3.43. The second-order valence-corrected chi connectivity index (χ2v) is 6.91. The number of amides is 2. The Bertz CT molecular complexity index is 722. The highest BCUT2D eigenvalue weighted by Crippen LogP contribution is 2.27. The van der Waals surface area contributed by atoms with E-state index in [0.717, 1.165) is 19.4 Å². The second kappa shape index (κ2) is 8.81. The molecule has 2 amide bonds. The van der Waals surface area contributed by atoms with Crippen LogP contribution >= 0.6 is 0 Å². The average Bonchev–Trinajstić information content (AvgIpc) is 3.20. The molecule has 1 aliphatic heterocycles. The Morgan fingerprint density at radius 1 is 1.07 bits per heavy atom. The molecule has 0 unspecified atom stereocenters. The van der Waals surface area contributed by atoms with E-state index in [-0.39, 0.29) is 17.9 Å². The Balaban J connectivity index is 1.55. The third-order valence-electron chi connectivity index (χ3n) is 5.02. The number of rotatable bonds is 6. The average molecular weight is 372 g/mol. The van der Waals surface area contributed by atoms with E-state index >= 15 is 0 Å². The highest BCUT2D eigenvalue weighted by Gasteiger charge is 2.33. The summed E-state index contributed by atoms with van der Waals surface area (Å²) in [7, 11) is 0. The number of nitrogens with one attached hydrogen (secondary N) is 2. The summed E-state index contributed by atoms with van der Waals surface area (Å²) in [5, 5.41) is 14.9. The van der Waals surface area contributed by atoms with Crippen molar-refractivity contribution in [3.63, 3.8) is 0 Å². The van der Waals surface area contributed by atoms with Crippen molar-refractivity contribution in [3.05, 3.63) is 42.0 Å². The first-order chi connectivity index (χ1) is 13.0. The van der Waals surface area contributed by atoms with Crippen LogP contribution in [0.5, 0.6) is 0 Å². The Morgan fingerprint density at radius 2 is 1.78 bits per heavy atom. The van der Waals surface area contributed by atoms with Gasteiger partial charge >= 0.3 is 5.97 Å². The Hall–Kier alpha value is -2.67. The van der Waals surface area contributed by atoms with E-state index in [1.54, 1.807) is 30.3 Å². The molecule has 7 nitrogen and oxygen atoms in total. The van der Waals surface area contributed by atoms with E-state index in [2.05, 4.69) is 10.6 Å². The maximum Gasteiger partial charge on any atom is 0.307 e. The number of carbonyl (C=O) groups excluding carboxylic acids is 2. The van der Waals surface area contributed by atoms with Crippen molar-refractivity contribution in [2.75, 3.05) is 18.5 Å². The lowest BCUT2D eigenvalue weighted by molar-refractivity contribution is -0.146. The van der Waals surface area contributed by atoms with Crippen LogP contribution in [0, 0.1) is 11.8 Å². The van der Waals surface area contributed by atoms with E-state index < -0.39 is 17.8 Å². The molecule has 0 bridgehead atoms. The second-order valence-electron chi connectivity index (χ2n) is 6.91. The molecule has 1 aromatic carbocycles. The number of carboxylic acids is 1. The number of hydrogen-bond acceptors (Lipinski definition) is 4. The lowest BCUT2D eigenvalue weighted by Gasteiger charge is -2.24. The third-order valence-corrected chi connectivity index (χ3v) is 5.02. The summed E-state index contributed by atoms with van der Waals surface area (Å²) in [6.07, 6.45) is 6.47. The molecular formula is C20H24N2O5. The van der Waals surface area contributed by atoms with Crippen LogP contribution in [0.4, 0.5) is 5.69 Å². The molecule has 3 N–H and O–H groups in total. The molecule has 7 heteroatoms. The van der Waals surface area contributed by atoms with Crippen LogP contribution in [0.2, 0.25) is 0 Å². The zero-order valence-corrected chi connectivity index (χ0v) is 15.0. The van der Waals surface area contributed by atoms with Gasteiger partial charge in [-0.2, -0.15) is 0 Å². The molecule has 0 aromatic heterocycles. The maximum absolute atomic E-state index is 12.4. The van der Waals surface area contributed by atoms with Gasteiger partial charge in [-0.05, 0) is 49.9 Å². The van der Waals surface area contributed by atoms with Gasteiger partial charge in [0.15, 0.2) is 0 Å². The first-order valence-corrected chi connectivity index (χ1v) is 9.23. The molecule has 1 aromatic rings. The van der Waals surface area contributed by atoms with Gasteiger partial charge in [-0.1, -0.05) is 12.2 Å². The number of carbonyl (C=O) groups is 3. The minimum absolute atomic E-state index is 0.0826. The number of ether oxygens (including phenoxy) is 1. The first kappa shape index (κ1) is 19.1. The highest BCUT2D eigenvalue weighted by atomic mass is 16.5. The van der Waals surface area contributed by atoms with Crippen molar-refractivity contribution in [1.29, 1.82) is 0 Å². The summed E-state index contributed by atoms with van der Waals surface area (Å²) >= 11 is 0. The van der Waals surface area contributed by atoms with Gasteiger partial charge < -0.3 is 20.5 Å². The van der Waals surface area contributed by atoms with Gasteiger partial charge in [-0.15, -0.1) is 0 Å². The van der Waals surface area contributed by atoms with Crippen LogP contribution in [-0.4, -0.2) is 42.1 Å². The van der Waals surface area contributed by atoms with E-state index in [9.17, 15) is 19.5 Å². The summed E-state index contributed by atoms with van der Waals surface area (Å²) in [5.41, 5.74) is 1.03. The topological polar surface area (TPSA) is 105 Å². The molecule has 27 heavy (non-hydrogen) atoms. The van der Waals surface area contributed by atoms with Gasteiger partial charge in [0.25, 0.3) is 5.91 Å². The van der Waals surface area contributed by atoms with Gasteiger partial charge in [0.2, 0.25) is 5.91 Å². The minimum Gasteiger partial charge on any atom is -0.481 e. The summed E-state index contributed by atoms with van der Waals surface area (Å²) < 4.78 is 5.48. The molecule has 1 heterocycles. The smallest absolute Gasteiger partial charge is 0.307 e. The number of allylic oxidation sites excluding steroid dienone is 2. The molecule has 1 saturated heterocycles. The molecule has 2 aliphatic rings. The fraction of sp³-hybridized carbons (Fsp3) is 0.450. The van der Waals surface area contributed by atoms with Gasteiger partial charge in [-0.25, -0.2) is 0 Å². The van der Waals surface area contributed by atoms with Gasteiger partial charge in [0.1, 0.15) is 0 Å². The van der Waals surface area contributed by atoms with Crippen LogP contribution in [0.25, 0.3) is 0 Å². The number of carboxylic acid groups (broad SMARTS) is 1. The zero-order valence-electron chi connectivity index (χ0n) is 15.0. The van der Waals surface area contributed by atoms with E-state index in [4.69, 9.17) is 4.74 Å². The minimum atomic E-state index is -0.960. The molecular weight excluding hydrogens is 348 g/mol. The third kappa shape index (κ3) is 4.95. The predicted molar refractivity (Wildman–Crippen MR) is 99.4 cm³/mol. The molecule has 0 saturated carbocycles. The van der Waals surface area contributed by atoms with Crippen LogP contribution in [0.3, 0.4) is 0 Å². The van der Waals surface area contributed by atoms with Crippen LogP contribution in [0.15, 0.2) is 36.4 Å². The van der Waals surface area contributed by atoms with Gasteiger partial charge in [-0.3, -0.25) is 14.4 Å². The molecule has 1 aliphatic carbocycles. The summed E-state index contributed by atoms with van der Waals surface area (Å²) in [4.78, 5) is 36.0. The van der Waals surface area contributed by atoms with Crippen molar-refractivity contribution in [3.8, 4) is 0 Å². The Morgan fingerprint density at radius 3 is 2.41 bits per heavy atom. The maximum atomic E-state index is 12.4. The summed E-state index contributed by atoms with van der Waals surface area (Å²) in [6.45, 7) is 1.23. The van der Waals surface area contributed by atoms with E-state index in [0.29, 0.717) is 30.6 Å². The van der Waals surface area contributed by atoms with E-state index in [1.807, 2.05) is 6.08 Å². The van der Waals surface area contributed by atoms with E-state index in [1.165, 1.54) is 0 Å². The van der Waals surface area contributed by atoms with Crippen LogP contribution < -0.4 is 10.6 Å². The number of aliphatic carboxylic acids is 1. The Kier molecular flexibility index (Phi) is 6.24. The first-order valence-electron chi connectivity index (χ1n) is 9.23. The zero-order chi connectivity index (χ0) is 19.2. The largest absolute Gasteiger partial charge is 0.481 e. The quantitative estimate of drug-likeness (QED) is 0.664. The molecule has 144 valence electrons. The molecule has 3 rings (SSSR count). The van der Waals surface area contributed by atoms with Crippen molar-refractivity contribution in [2.24, 2.45) is 11.8 Å². The molecule has 0 radical (unpaired) electrons. The lowest BCUT2D eigenvalue weighted by Crippen LogP contribution is -2.34. The van der Waals surface area contributed by atoms with Crippen LogP contribution in [-0.2, 0) is 14.3 Å². The summed E-state index contributed by atoms with van der Waals surface area (Å²) in [6, 6.07) is 6.56. The van der Waals surface area contributed by atoms with Crippen LogP contribution in [0.1, 0.15) is 36.0 Å². The van der Waals surface area contributed by atoms with Crippen molar-refractivity contribution in [2.45, 2.75) is 31.8 Å². The number of benzene rings is 1. The summed E-state index contributed by atoms with van der Waals surface area (Å²) in [5.74, 6) is -2.77. The standard InChI is InChI=1S/C20H24N2O5/c23-18(21-12-15-4-3-11-27-15)13-7-9-14(10-8-13)22-19(24)16-5-1-2-6-17(16)20(25)26/h1-2,7-10,15-17H,3-6,11-12H2,(H,21,23)(H,22,24)(H,25,26)/t15-,16+,17-/m0/s1. The monoisotopic (exact) mass is 372 g/mol. The SMILES string of the molecule is O=C(NC[C@@H]1CCCO1)c1ccc(NC(=O)[C@@H]2CC=CC[C@@H]2C(=O)O)cc1. The normalized spacial score (nSPS) is 24.4. The number of anilines is 1. The van der Waals surface area contributed by atoms with Gasteiger partial charge in [0.05, 0.1) is 17.9 Å². The lowest BCUT2D eigenvalue weighted by atomic mass is 9.82. The molecule has 3 atom stereocenters. The van der Waals surface area contributed by atoms with Crippen molar-refractivity contribution >= 4 is 23.5 Å². The van der Waals surface area contributed by atoms with Crippen molar-refractivity contribution in [1.82, 2.24) is 5.32 Å². The molecule has 0 spiro atoms. The fourth-order valence-corrected chi connectivity index (χ4v) is 3.43.